The monoisotopic (exact) mass is 236 g/mol. The van der Waals surface area contributed by atoms with Crippen LogP contribution in [0, 0.1) is 6.92 Å². The lowest BCUT2D eigenvalue weighted by atomic mass is 10.1. The summed E-state index contributed by atoms with van der Waals surface area (Å²) in [5.41, 5.74) is 0.145. The number of alkyl halides is 3. The van der Waals surface area contributed by atoms with Crippen molar-refractivity contribution in [3.63, 3.8) is 0 Å². The number of rotatable bonds is 0. The molecule has 0 spiro atoms. The predicted octanol–water partition coefficient (Wildman–Crippen LogP) is 3.31. The fourth-order valence-electron chi connectivity index (χ4n) is 1.46. The Morgan fingerprint density at radius 3 is 2.53 bits per heavy atom. The van der Waals surface area contributed by atoms with Crippen LogP contribution in [0.15, 0.2) is 18.2 Å². The highest BCUT2D eigenvalue weighted by Gasteiger charge is 2.33. The van der Waals surface area contributed by atoms with Crippen molar-refractivity contribution in [3.8, 4) is 0 Å². The number of nitrogens with one attached hydrogen (secondary N) is 1. The standard InChI is InChI=1S/C9H7F3N2.ClH/c1-5-8-6(9(10,11)12)3-2-4-7(8)14-13-5;/h2-4H,1H3,(H,13,14);1H. The van der Waals surface area contributed by atoms with Gasteiger partial charge in [-0.2, -0.15) is 18.3 Å². The number of benzene rings is 1. The minimum Gasteiger partial charge on any atom is -0.282 e. The average Bonchev–Trinajstić information content (AvgIpc) is 2.46. The first-order valence-corrected chi connectivity index (χ1v) is 4.01. The minimum absolute atomic E-state index is 0. The summed E-state index contributed by atoms with van der Waals surface area (Å²) >= 11 is 0. The van der Waals surface area contributed by atoms with Gasteiger partial charge in [0.25, 0.3) is 0 Å². The van der Waals surface area contributed by atoms with Gasteiger partial charge in [0.15, 0.2) is 0 Å². The molecule has 1 aromatic heterocycles. The van der Waals surface area contributed by atoms with E-state index in [2.05, 4.69) is 10.2 Å². The number of fused-ring (bicyclic) bond motifs is 1. The Labute approximate surface area is 89.9 Å². The Hall–Kier alpha value is -1.23. The minimum atomic E-state index is -4.33. The number of aromatic nitrogens is 2. The van der Waals surface area contributed by atoms with Crippen LogP contribution in [0.4, 0.5) is 13.2 Å². The van der Waals surface area contributed by atoms with E-state index in [4.69, 9.17) is 0 Å². The lowest BCUT2D eigenvalue weighted by Crippen LogP contribution is -2.05. The second-order valence-electron chi connectivity index (χ2n) is 3.05. The third kappa shape index (κ3) is 1.92. The number of aromatic amines is 1. The van der Waals surface area contributed by atoms with Gasteiger partial charge in [-0.1, -0.05) is 6.07 Å². The number of H-pyrrole nitrogens is 1. The number of hydrogen-bond acceptors (Lipinski definition) is 1. The molecule has 0 bridgehead atoms. The van der Waals surface area contributed by atoms with Gasteiger partial charge in [0, 0.05) is 11.1 Å². The summed E-state index contributed by atoms with van der Waals surface area (Å²) in [7, 11) is 0. The fraction of sp³-hybridized carbons (Fsp3) is 0.222. The molecule has 82 valence electrons. The van der Waals surface area contributed by atoms with Crippen LogP contribution >= 0.6 is 12.4 Å². The molecular formula is C9H8ClF3N2. The highest BCUT2D eigenvalue weighted by molar-refractivity contribution is 5.85. The normalized spacial score (nSPS) is 11.5. The van der Waals surface area contributed by atoms with Crippen LogP contribution in [0.3, 0.4) is 0 Å². The molecule has 0 radical (unpaired) electrons. The Kier molecular flexibility index (Phi) is 2.95. The van der Waals surface area contributed by atoms with E-state index in [9.17, 15) is 13.2 Å². The Morgan fingerprint density at radius 1 is 1.27 bits per heavy atom. The van der Waals surface area contributed by atoms with Crippen LogP contribution in [0.25, 0.3) is 10.9 Å². The van der Waals surface area contributed by atoms with Gasteiger partial charge < -0.3 is 0 Å². The lowest BCUT2D eigenvalue weighted by Gasteiger charge is -2.07. The molecule has 0 amide bonds. The summed E-state index contributed by atoms with van der Waals surface area (Å²) in [4.78, 5) is 0. The third-order valence-corrected chi connectivity index (χ3v) is 2.07. The van der Waals surface area contributed by atoms with Crippen molar-refractivity contribution >= 4 is 23.3 Å². The van der Waals surface area contributed by atoms with E-state index in [1.54, 1.807) is 13.0 Å². The van der Waals surface area contributed by atoms with Gasteiger partial charge in [0.1, 0.15) is 0 Å². The van der Waals surface area contributed by atoms with Crippen molar-refractivity contribution in [3.05, 3.63) is 29.5 Å². The first kappa shape index (κ1) is 11.8. The second-order valence-corrected chi connectivity index (χ2v) is 3.05. The molecule has 6 heteroatoms. The van der Waals surface area contributed by atoms with Gasteiger partial charge in [-0.25, -0.2) is 0 Å². The second kappa shape index (κ2) is 3.73. The zero-order chi connectivity index (χ0) is 10.3. The highest BCUT2D eigenvalue weighted by atomic mass is 35.5. The molecule has 0 fully saturated rings. The molecule has 1 aromatic carbocycles. The molecular weight excluding hydrogens is 229 g/mol. The molecule has 2 aromatic rings. The van der Waals surface area contributed by atoms with E-state index < -0.39 is 11.7 Å². The van der Waals surface area contributed by atoms with Crippen molar-refractivity contribution in [2.24, 2.45) is 0 Å². The summed E-state index contributed by atoms with van der Waals surface area (Å²) in [6.07, 6.45) is -4.33. The van der Waals surface area contributed by atoms with Crippen LogP contribution in [0.1, 0.15) is 11.3 Å². The number of halogens is 4. The smallest absolute Gasteiger partial charge is 0.282 e. The number of aryl methyl sites for hydroxylation is 1. The first-order valence-electron chi connectivity index (χ1n) is 4.01. The largest absolute Gasteiger partial charge is 0.417 e. The molecule has 1 N–H and O–H groups in total. The van der Waals surface area contributed by atoms with Crippen molar-refractivity contribution in [2.75, 3.05) is 0 Å². The Morgan fingerprint density at radius 2 is 1.93 bits per heavy atom. The molecule has 2 nitrogen and oxygen atoms in total. The SMILES string of the molecule is Cc1[nH]nc2cccc(C(F)(F)F)c12.Cl. The predicted molar refractivity (Wildman–Crippen MR) is 53.1 cm³/mol. The molecule has 0 saturated carbocycles. The van der Waals surface area contributed by atoms with Crippen molar-refractivity contribution in [2.45, 2.75) is 13.1 Å². The molecule has 2 rings (SSSR count). The summed E-state index contributed by atoms with van der Waals surface area (Å²) in [6.45, 7) is 1.57. The molecule has 0 saturated heterocycles. The Bertz CT molecular complexity index is 476. The van der Waals surface area contributed by atoms with Crippen LogP contribution in [-0.2, 0) is 6.18 Å². The molecule has 0 unspecified atom stereocenters. The van der Waals surface area contributed by atoms with Crippen LogP contribution < -0.4 is 0 Å². The van der Waals surface area contributed by atoms with Gasteiger partial charge in [-0.3, -0.25) is 5.10 Å². The highest BCUT2D eigenvalue weighted by Crippen LogP contribution is 2.35. The van der Waals surface area contributed by atoms with E-state index in [-0.39, 0.29) is 17.8 Å². The third-order valence-electron chi connectivity index (χ3n) is 2.07. The fourth-order valence-corrected chi connectivity index (χ4v) is 1.46. The average molecular weight is 237 g/mol. The van der Waals surface area contributed by atoms with Gasteiger partial charge in [-0.05, 0) is 19.1 Å². The summed E-state index contributed by atoms with van der Waals surface area (Å²) in [6, 6.07) is 3.96. The zero-order valence-electron chi connectivity index (χ0n) is 7.72. The molecule has 1 heterocycles. The van der Waals surface area contributed by atoms with E-state index in [1.807, 2.05) is 0 Å². The summed E-state index contributed by atoms with van der Waals surface area (Å²) in [5.74, 6) is 0. The molecule has 0 atom stereocenters. The van der Waals surface area contributed by atoms with Crippen molar-refractivity contribution in [1.29, 1.82) is 0 Å². The summed E-state index contributed by atoms with van der Waals surface area (Å²) < 4.78 is 37.6. The lowest BCUT2D eigenvalue weighted by molar-refractivity contribution is -0.136. The van der Waals surface area contributed by atoms with E-state index in [1.165, 1.54) is 6.07 Å². The molecule has 0 aliphatic heterocycles. The Balaban J connectivity index is 0.00000112. The van der Waals surface area contributed by atoms with Crippen molar-refractivity contribution < 1.29 is 13.2 Å². The van der Waals surface area contributed by atoms with Crippen LogP contribution in [0.5, 0.6) is 0 Å². The molecule has 0 aliphatic carbocycles. The number of hydrogen-bond donors (Lipinski definition) is 1. The summed E-state index contributed by atoms with van der Waals surface area (Å²) in [5, 5.41) is 6.46. The van der Waals surface area contributed by atoms with Gasteiger partial charge >= 0.3 is 6.18 Å². The van der Waals surface area contributed by atoms with E-state index in [0.29, 0.717) is 11.2 Å². The van der Waals surface area contributed by atoms with Gasteiger partial charge in [0.2, 0.25) is 0 Å². The van der Waals surface area contributed by atoms with Crippen LogP contribution in [-0.4, -0.2) is 10.2 Å². The topological polar surface area (TPSA) is 28.7 Å². The van der Waals surface area contributed by atoms with Crippen LogP contribution in [0.2, 0.25) is 0 Å². The van der Waals surface area contributed by atoms with E-state index in [0.717, 1.165) is 6.07 Å². The number of nitrogens with zero attached hydrogens (tertiary/aromatic N) is 1. The van der Waals surface area contributed by atoms with Crippen molar-refractivity contribution in [1.82, 2.24) is 10.2 Å². The van der Waals surface area contributed by atoms with E-state index >= 15 is 0 Å². The quantitative estimate of drug-likeness (QED) is 0.747. The first-order chi connectivity index (χ1) is 6.50. The maximum atomic E-state index is 12.5. The van der Waals surface area contributed by atoms with Gasteiger partial charge in [-0.15, -0.1) is 12.4 Å². The zero-order valence-corrected chi connectivity index (χ0v) is 8.54. The van der Waals surface area contributed by atoms with Gasteiger partial charge in [0.05, 0.1) is 11.1 Å². The molecule has 15 heavy (non-hydrogen) atoms. The maximum Gasteiger partial charge on any atom is 0.417 e. The maximum absolute atomic E-state index is 12.5. The molecule has 0 aliphatic rings.